The van der Waals surface area contributed by atoms with Gasteiger partial charge in [0.2, 0.25) is 0 Å². The van der Waals surface area contributed by atoms with Gasteiger partial charge in [0.1, 0.15) is 6.61 Å². The van der Waals surface area contributed by atoms with Gasteiger partial charge in [0.15, 0.2) is 0 Å². The molecule has 1 heterocycles. The summed E-state index contributed by atoms with van der Waals surface area (Å²) in [5, 5.41) is 7.09. The summed E-state index contributed by atoms with van der Waals surface area (Å²) >= 11 is 0. The lowest BCUT2D eigenvalue weighted by atomic mass is 10.1. The van der Waals surface area contributed by atoms with Crippen molar-refractivity contribution in [1.82, 2.24) is 15.1 Å². The van der Waals surface area contributed by atoms with Gasteiger partial charge >= 0.3 is 6.18 Å². The number of aromatic nitrogens is 2. The van der Waals surface area contributed by atoms with Crippen molar-refractivity contribution >= 4 is 5.91 Å². The van der Waals surface area contributed by atoms with Crippen molar-refractivity contribution in [3.63, 3.8) is 0 Å². The zero-order valence-corrected chi connectivity index (χ0v) is 14.1. The van der Waals surface area contributed by atoms with E-state index in [1.54, 1.807) is 22.9 Å². The van der Waals surface area contributed by atoms with Crippen LogP contribution in [0.5, 0.6) is 0 Å². The van der Waals surface area contributed by atoms with E-state index in [0.717, 1.165) is 17.8 Å². The molecule has 0 aliphatic carbocycles. The Labute approximate surface area is 143 Å². The minimum absolute atomic E-state index is 0.205. The molecule has 0 bridgehead atoms. The van der Waals surface area contributed by atoms with E-state index in [2.05, 4.69) is 15.2 Å². The summed E-state index contributed by atoms with van der Waals surface area (Å²) in [5.74, 6) is -0.304. The maximum atomic E-state index is 12.2. The highest BCUT2D eigenvalue weighted by Gasteiger charge is 2.27. The summed E-state index contributed by atoms with van der Waals surface area (Å²) in [4.78, 5) is 12.2. The molecule has 1 amide bonds. The lowest BCUT2D eigenvalue weighted by molar-refractivity contribution is -0.176. The molecule has 0 aliphatic heterocycles. The number of ether oxygens (including phenoxy) is 1. The Kier molecular flexibility index (Phi) is 6.19. The van der Waals surface area contributed by atoms with E-state index in [-0.39, 0.29) is 12.5 Å². The fourth-order valence-corrected chi connectivity index (χ4v) is 2.26. The van der Waals surface area contributed by atoms with Gasteiger partial charge < -0.3 is 10.1 Å². The van der Waals surface area contributed by atoms with Crippen LogP contribution >= 0.6 is 0 Å². The molecule has 0 radical (unpaired) electrons. The Morgan fingerprint density at radius 3 is 2.76 bits per heavy atom. The molecule has 1 aromatic heterocycles. The number of carbonyl (C=O) groups is 1. The fraction of sp³-hybridized carbons (Fsp3) is 0.412. The predicted molar refractivity (Wildman–Crippen MR) is 86.0 cm³/mol. The first-order chi connectivity index (χ1) is 11.8. The monoisotopic (exact) mass is 355 g/mol. The molecule has 0 saturated heterocycles. The molecule has 0 spiro atoms. The Bertz CT molecular complexity index is 726. The van der Waals surface area contributed by atoms with Crippen LogP contribution in [-0.2, 0) is 24.4 Å². The van der Waals surface area contributed by atoms with E-state index in [9.17, 15) is 18.0 Å². The molecule has 0 atom stereocenters. The van der Waals surface area contributed by atoms with Crippen molar-refractivity contribution in [2.45, 2.75) is 39.7 Å². The number of aryl methyl sites for hydroxylation is 2. The first-order valence-electron chi connectivity index (χ1n) is 7.83. The average molecular weight is 355 g/mol. The van der Waals surface area contributed by atoms with Crippen molar-refractivity contribution < 1.29 is 22.7 Å². The van der Waals surface area contributed by atoms with Gasteiger partial charge in [0.05, 0.1) is 12.3 Å². The molecule has 2 rings (SSSR count). The largest absolute Gasteiger partial charge is 0.411 e. The van der Waals surface area contributed by atoms with E-state index in [4.69, 9.17) is 0 Å². The van der Waals surface area contributed by atoms with Crippen LogP contribution in [0.1, 0.15) is 34.1 Å². The van der Waals surface area contributed by atoms with Crippen molar-refractivity contribution in [2.75, 3.05) is 6.61 Å². The number of nitrogens with one attached hydrogen (secondary N) is 1. The van der Waals surface area contributed by atoms with Gasteiger partial charge in [-0.05, 0) is 31.5 Å². The molecule has 25 heavy (non-hydrogen) atoms. The van der Waals surface area contributed by atoms with Crippen LogP contribution in [0, 0.1) is 6.92 Å². The van der Waals surface area contributed by atoms with Crippen molar-refractivity contribution in [1.29, 1.82) is 0 Å². The molecule has 0 unspecified atom stereocenters. The standard InChI is InChI=1S/C17H20F3N3O2/c1-3-23-9-15(12(2)22-23)8-21-16(24)14-6-4-5-13(7-14)10-25-11-17(18,19)20/h4-7,9H,3,8,10-11H2,1-2H3,(H,21,24). The fourth-order valence-electron chi connectivity index (χ4n) is 2.26. The molecule has 5 nitrogen and oxygen atoms in total. The molecule has 8 heteroatoms. The van der Waals surface area contributed by atoms with Gasteiger partial charge in [-0.2, -0.15) is 18.3 Å². The molecule has 136 valence electrons. The Morgan fingerprint density at radius 1 is 1.36 bits per heavy atom. The number of hydrogen-bond donors (Lipinski definition) is 1. The quantitative estimate of drug-likeness (QED) is 0.830. The number of hydrogen-bond acceptors (Lipinski definition) is 3. The Hall–Kier alpha value is -2.35. The summed E-state index contributed by atoms with van der Waals surface area (Å²) in [5.41, 5.74) is 2.64. The first kappa shape index (κ1) is 19.0. The van der Waals surface area contributed by atoms with E-state index in [0.29, 0.717) is 17.7 Å². The SMILES string of the molecule is CCn1cc(CNC(=O)c2cccc(COCC(F)(F)F)c2)c(C)n1. The lowest BCUT2D eigenvalue weighted by Crippen LogP contribution is -2.23. The van der Waals surface area contributed by atoms with E-state index >= 15 is 0 Å². The summed E-state index contributed by atoms with van der Waals surface area (Å²) in [6.07, 6.45) is -2.49. The maximum Gasteiger partial charge on any atom is 0.411 e. The number of carbonyl (C=O) groups excluding carboxylic acids is 1. The number of alkyl halides is 3. The maximum absolute atomic E-state index is 12.2. The summed E-state index contributed by atoms with van der Waals surface area (Å²) in [7, 11) is 0. The predicted octanol–water partition coefficient (Wildman–Crippen LogP) is 3.22. The van der Waals surface area contributed by atoms with E-state index < -0.39 is 12.8 Å². The summed E-state index contributed by atoms with van der Waals surface area (Å²) < 4.78 is 42.7. The first-order valence-corrected chi connectivity index (χ1v) is 7.83. The molecule has 1 aromatic carbocycles. The van der Waals surface area contributed by atoms with Crippen LogP contribution in [0.25, 0.3) is 0 Å². The molecule has 1 N–H and O–H groups in total. The van der Waals surface area contributed by atoms with Crippen LogP contribution in [0.15, 0.2) is 30.5 Å². The Morgan fingerprint density at radius 2 is 2.12 bits per heavy atom. The van der Waals surface area contributed by atoms with Gasteiger partial charge in [-0.3, -0.25) is 9.48 Å². The van der Waals surface area contributed by atoms with Gasteiger partial charge in [-0.25, -0.2) is 0 Å². The van der Waals surface area contributed by atoms with Crippen LogP contribution < -0.4 is 5.32 Å². The van der Waals surface area contributed by atoms with Crippen LogP contribution in [0.2, 0.25) is 0 Å². The van der Waals surface area contributed by atoms with E-state index in [1.165, 1.54) is 6.07 Å². The van der Waals surface area contributed by atoms with Gasteiger partial charge in [-0.1, -0.05) is 12.1 Å². The number of nitrogens with zero attached hydrogens (tertiary/aromatic N) is 2. The third-order valence-corrected chi connectivity index (χ3v) is 3.54. The van der Waals surface area contributed by atoms with Crippen molar-refractivity contribution in [2.24, 2.45) is 0 Å². The highest BCUT2D eigenvalue weighted by molar-refractivity contribution is 5.94. The highest BCUT2D eigenvalue weighted by Crippen LogP contribution is 2.16. The smallest absolute Gasteiger partial charge is 0.367 e. The third-order valence-electron chi connectivity index (χ3n) is 3.54. The van der Waals surface area contributed by atoms with Crippen LogP contribution in [-0.4, -0.2) is 28.5 Å². The number of benzene rings is 1. The zero-order chi connectivity index (χ0) is 18.4. The number of halogens is 3. The third kappa shape index (κ3) is 5.90. The minimum Gasteiger partial charge on any atom is -0.367 e. The van der Waals surface area contributed by atoms with Crippen molar-refractivity contribution in [3.05, 3.63) is 52.8 Å². The topological polar surface area (TPSA) is 56.2 Å². The van der Waals surface area contributed by atoms with Gasteiger partial charge in [0.25, 0.3) is 5.91 Å². The molecule has 0 aliphatic rings. The Balaban J connectivity index is 1.92. The van der Waals surface area contributed by atoms with Gasteiger partial charge in [-0.15, -0.1) is 0 Å². The summed E-state index contributed by atoms with van der Waals surface area (Å²) in [6, 6.07) is 6.35. The minimum atomic E-state index is -4.37. The number of rotatable bonds is 7. The molecule has 2 aromatic rings. The molecular weight excluding hydrogens is 335 g/mol. The average Bonchev–Trinajstić information content (AvgIpc) is 2.92. The highest BCUT2D eigenvalue weighted by atomic mass is 19.4. The summed E-state index contributed by atoms with van der Waals surface area (Å²) in [6.45, 7) is 3.40. The second-order valence-corrected chi connectivity index (χ2v) is 5.59. The second kappa shape index (κ2) is 8.15. The number of amides is 1. The lowest BCUT2D eigenvalue weighted by Gasteiger charge is -2.09. The second-order valence-electron chi connectivity index (χ2n) is 5.59. The molecule has 0 saturated carbocycles. The van der Waals surface area contributed by atoms with Crippen molar-refractivity contribution in [3.8, 4) is 0 Å². The molecular formula is C17H20F3N3O2. The van der Waals surface area contributed by atoms with E-state index in [1.807, 2.05) is 20.0 Å². The molecule has 0 fully saturated rings. The van der Waals surface area contributed by atoms with Crippen LogP contribution in [0.3, 0.4) is 0 Å². The normalized spacial score (nSPS) is 11.6. The van der Waals surface area contributed by atoms with Crippen LogP contribution in [0.4, 0.5) is 13.2 Å². The zero-order valence-electron chi connectivity index (χ0n) is 14.1. The van der Waals surface area contributed by atoms with Gasteiger partial charge in [0, 0.05) is 30.4 Å².